The second kappa shape index (κ2) is 6.43. The summed E-state index contributed by atoms with van der Waals surface area (Å²) in [5.41, 5.74) is 7.80. The van der Waals surface area contributed by atoms with Crippen LogP contribution in [0.1, 0.15) is 38.8 Å². The van der Waals surface area contributed by atoms with Crippen LogP contribution in [0.25, 0.3) is 10.8 Å². The Bertz CT molecular complexity index is 1270. The maximum atomic E-state index is 3.73. The summed E-state index contributed by atoms with van der Waals surface area (Å²) >= 11 is 0. The first-order valence-electron chi connectivity index (χ1n) is 10.7. The van der Waals surface area contributed by atoms with Crippen LogP contribution in [0.15, 0.2) is 84.6 Å². The molecule has 1 N–H and O–H groups in total. The van der Waals surface area contributed by atoms with Crippen molar-refractivity contribution in [3.8, 4) is 0 Å². The van der Waals surface area contributed by atoms with Gasteiger partial charge in [-0.15, -0.1) is 0 Å². The SMILES string of the molecule is C[N+]1=C(C=CC=C2Nc3c(ccc4ccccc34)C2(C)C)C(C)(C)c2ccccc21. The van der Waals surface area contributed by atoms with Crippen LogP contribution in [0, 0.1) is 0 Å². The number of anilines is 1. The number of hydrogen-bond acceptors (Lipinski definition) is 1. The van der Waals surface area contributed by atoms with Gasteiger partial charge in [-0.1, -0.05) is 74.5 Å². The third-order valence-corrected chi connectivity index (χ3v) is 6.99. The Morgan fingerprint density at radius 3 is 2.33 bits per heavy atom. The number of para-hydroxylation sites is 1. The van der Waals surface area contributed by atoms with Gasteiger partial charge in [-0.3, -0.25) is 0 Å². The molecule has 0 radical (unpaired) electrons. The molecule has 2 heteroatoms. The van der Waals surface area contributed by atoms with Crippen LogP contribution in [0.3, 0.4) is 0 Å². The number of rotatable bonds is 2. The molecule has 0 aliphatic carbocycles. The molecule has 3 aromatic rings. The van der Waals surface area contributed by atoms with Crippen molar-refractivity contribution in [1.82, 2.24) is 0 Å². The molecule has 2 nitrogen and oxygen atoms in total. The maximum Gasteiger partial charge on any atom is 0.209 e. The first-order valence-corrected chi connectivity index (χ1v) is 10.7. The number of benzene rings is 3. The van der Waals surface area contributed by atoms with E-state index in [0.29, 0.717) is 0 Å². The zero-order valence-corrected chi connectivity index (χ0v) is 18.5. The van der Waals surface area contributed by atoms with E-state index in [2.05, 4.69) is 124 Å². The minimum Gasteiger partial charge on any atom is -0.357 e. The summed E-state index contributed by atoms with van der Waals surface area (Å²) in [7, 11) is 2.17. The number of fused-ring (bicyclic) bond motifs is 4. The van der Waals surface area contributed by atoms with Gasteiger partial charge in [0.2, 0.25) is 5.69 Å². The fraction of sp³-hybridized carbons (Fsp3) is 0.250. The average Bonchev–Trinajstić information content (AvgIpc) is 3.11. The summed E-state index contributed by atoms with van der Waals surface area (Å²) in [6.45, 7) is 9.22. The van der Waals surface area contributed by atoms with Crippen molar-refractivity contribution >= 4 is 27.9 Å². The molecule has 2 heterocycles. The van der Waals surface area contributed by atoms with Gasteiger partial charge in [-0.25, -0.2) is 0 Å². The normalized spacial score (nSPS) is 20.1. The molecule has 0 spiro atoms. The third kappa shape index (κ3) is 2.60. The van der Waals surface area contributed by atoms with Crippen LogP contribution < -0.4 is 5.32 Å². The summed E-state index contributed by atoms with van der Waals surface area (Å²) in [6, 6.07) is 21.8. The first-order chi connectivity index (χ1) is 14.3. The molecule has 30 heavy (non-hydrogen) atoms. The molecule has 3 aromatic carbocycles. The topological polar surface area (TPSA) is 15.0 Å². The lowest BCUT2D eigenvalue weighted by Gasteiger charge is -2.20. The number of allylic oxidation sites excluding steroid dienone is 4. The quantitative estimate of drug-likeness (QED) is 0.479. The minimum absolute atomic E-state index is 0.00185. The minimum atomic E-state index is -0.0472. The van der Waals surface area contributed by atoms with Crippen LogP contribution in [-0.4, -0.2) is 17.3 Å². The fourth-order valence-electron chi connectivity index (χ4n) is 5.15. The molecule has 0 fully saturated rings. The zero-order chi connectivity index (χ0) is 21.1. The highest BCUT2D eigenvalue weighted by Crippen LogP contribution is 2.46. The smallest absolute Gasteiger partial charge is 0.209 e. The molecule has 0 atom stereocenters. The van der Waals surface area contributed by atoms with Gasteiger partial charge in [-0.05, 0) is 30.9 Å². The molecule has 0 unspecified atom stereocenters. The van der Waals surface area contributed by atoms with E-state index in [1.165, 1.54) is 44.7 Å². The fourth-order valence-corrected chi connectivity index (χ4v) is 5.15. The third-order valence-electron chi connectivity index (χ3n) is 6.99. The molecule has 0 bridgehead atoms. The van der Waals surface area contributed by atoms with Gasteiger partial charge >= 0.3 is 0 Å². The lowest BCUT2D eigenvalue weighted by Crippen LogP contribution is -2.26. The first kappa shape index (κ1) is 18.9. The molecule has 2 aliphatic heterocycles. The van der Waals surface area contributed by atoms with Crippen molar-refractivity contribution in [1.29, 1.82) is 0 Å². The summed E-state index contributed by atoms with van der Waals surface area (Å²) < 4.78 is 2.32. The molecular weight excluding hydrogens is 364 g/mol. The van der Waals surface area contributed by atoms with Crippen LogP contribution in [-0.2, 0) is 10.8 Å². The lowest BCUT2D eigenvalue weighted by molar-refractivity contribution is -0.401. The van der Waals surface area contributed by atoms with Crippen molar-refractivity contribution in [2.75, 3.05) is 12.4 Å². The Hall–Kier alpha value is -3.13. The predicted octanol–water partition coefficient (Wildman–Crippen LogP) is 6.69. The monoisotopic (exact) mass is 393 g/mol. The zero-order valence-electron chi connectivity index (χ0n) is 18.5. The van der Waals surface area contributed by atoms with Crippen LogP contribution in [0.5, 0.6) is 0 Å². The van der Waals surface area contributed by atoms with Gasteiger partial charge in [0.25, 0.3) is 0 Å². The second-order valence-electron chi connectivity index (χ2n) is 9.49. The Morgan fingerprint density at radius 2 is 1.53 bits per heavy atom. The van der Waals surface area contributed by atoms with E-state index >= 15 is 0 Å². The highest BCUT2D eigenvalue weighted by Gasteiger charge is 2.42. The Morgan fingerprint density at radius 1 is 0.800 bits per heavy atom. The maximum absolute atomic E-state index is 3.73. The molecule has 150 valence electrons. The van der Waals surface area contributed by atoms with Crippen molar-refractivity contribution in [3.63, 3.8) is 0 Å². The number of nitrogens with one attached hydrogen (secondary N) is 1. The summed E-state index contributed by atoms with van der Waals surface area (Å²) in [4.78, 5) is 0. The van der Waals surface area contributed by atoms with E-state index in [1.807, 2.05) is 0 Å². The van der Waals surface area contributed by atoms with E-state index < -0.39 is 0 Å². The van der Waals surface area contributed by atoms with E-state index in [9.17, 15) is 0 Å². The van der Waals surface area contributed by atoms with Crippen molar-refractivity contribution < 1.29 is 4.58 Å². The Kier molecular flexibility index (Phi) is 4.05. The van der Waals surface area contributed by atoms with Gasteiger partial charge in [-0.2, -0.15) is 4.58 Å². The molecule has 0 saturated carbocycles. The predicted molar refractivity (Wildman–Crippen MR) is 128 cm³/mol. The van der Waals surface area contributed by atoms with Crippen molar-refractivity contribution in [2.24, 2.45) is 0 Å². The molecule has 2 aliphatic rings. The molecule has 0 saturated heterocycles. The Labute approximate surface area is 179 Å². The van der Waals surface area contributed by atoms with E-state index in [4.69, 9.17) is 0 Å². The second-order valence-corrected chi connectivity index (χ2v) is 9.49. The molecular formula is C28H29N2+. The molecule has 5 rings (SSSR count). The van der Waals surface area contributed by atoms with Crippen molar-refractivity contribution in [3.05, 3.63) is 95.7 Å². The average molecular weight is 394 g/mol. The summed E-state index contributed by atoms with van der Waals surface area (Å²) in [5.74, 6) is 0. The Balaban J connectivity index is 1.52. The summed E-state index contributed by atoms with van der Waals surface area (Å²) in [6.07, 6.45) is 6.72. The van der Waals surface area contributed by atoms with Crippen LogP contribution >= 0.6 is 0 Å². The van der Waals surface area contributed by atoms with Gasteiger partial charge in [0, 0.05) is 34.2 Å². The highest BCUT2D eigenvalue weighted by molar-refractivity contribution is 6.03. The van der Waals surface area contributed by atoms with Crippen LogP contribution in [0.4, 0.5) is 11.4 Å². The standard InChI is InChI=1S/C28H28N2/c1-27(2)22-18-17-19-11-6-7-12-20(19)26(22)29-24(27)15-10-16-25-28(3,4)21-13-8-9-14-23(21)30(25)5/h6-18H,1-5H3/p+1. The van der Waals surface area contributed by atoms with Gasteiger partial charge < -0.3 is 5.32 Å². The van der Waals surface area contributed by atoms with Gasteiger partial charge in [0.15, 0.2) is 5.71 Å². The highest BCUT2D eigenvalue weighted by atomic mass is 15.0. The van der Waals surface area contributed by atoms with Crippen molar-refractivity contribution in [2.45, 2.75) is 38.5 Å². The number of hydrogen-bond donors (Lipinski definition) is 1. The van der Waals surface area contributed by atoms with E-state index in [0.717, 1.165) is 0 Å². The largest absolute Gasteiger partial charge is 0.357 e. The lowest BCUT2D eigenvalue weighted by atomic mass is 9.81. The van der Waals surface area contributed by atoms with E-state index in [-0.39, 0.29) is 10.8 Å². The molecule has 0 aromatic heterocycles. The van der Waals surface area contributed by atoms with E-state index in [1.54, 1.807) is 0 Å². The van der Waals surface area contributed by atoms with Gasteiger partial charge in [0.1, 0.15) is 7.05 Å². The summed E-state index contributed by atoms with van der Waals surface area (Å²) in [5, 5.41) is 6.29. The molecule has 0 amide bonds. The van der Waals surface area contributed by atoms with Crippen LogP contribution in [0.2, 0.25) is 0 Å². The number of nitrogens with zero attached hydrogens (tertiary/aromatic N) is 1. The van der Waals surface area contributed by atoms with Gasteiger partial charge in [0.05, 0.1) is 11.1 Å².